The molecule has 2 aromatic carbocycles. The molecule has 7 heteroatoms. The van der Waals surface area contributed by atoms with Gasteiger partial charge in [0.1, 0.15) is 12.0 Å². The normalized spacial score (nSPS) is 12.6. The van der Waals surface area contributed by atoms with Crippen LogP contribution in [-0.2, 0) is 0 Å². The molecule has 2 rings (SSSR count). The second-order valence-corrected chi connectivity index (χ2v) is 7.46. The molecule has 0 fully saturated rings. The van der Waals surface area contributed by atoms with Crippen LogP contribution in [0.2, 0.25) is 0 Å². The van der Waals surface area contributed by atoms with E-state index in [0.29, 0.717) is 11.3 Å². The molecule has 2 aromatic rings. The molecule has 0 spiro atoms. The quantitative estimate of drug-likeness (QED) is 0.325. The lowest BCUT2D eigenvalue weighted by Gasteiger charge is -2.29. The molecule has 0 aliphatic carbocycles. The fraction of sp³-hybridized carbons (Fsp3) is 0.286. The molecule has 146 valence electrons. The summed E-state index contributed by atoms with van der Waals surface area (Å²) < 4.78 is 13.4. The van der Waals surface area contributed by atoms with Crippen LogP contribution in [0.15, 0.2) is 53.5 Å². The van der Waals surface area contributed by atoms with Gasteiger partial charge in [-0.15, -0.1) is 0 Å². The summed E-state index contributed by atoms with van der Waals surface area (Å²) in [6, 6.07) is 13.0. The Kier molecular flexibility index (Phi) is 6.72. The number of hydrogen-bond donors (Lipinski definition) is 3. The predicted octanol–water partition coefficient (Wildman–Crippen LogP) is 3.77. The highest BCUT2D eigenvalue weighted by Gasteiger charge is 2.27. The number of aliphatic imine (C=N–C) groups is 1. The molecule has 1 unspecified atom stereocenters. The third-order valence-electron chi connectivity index (χ3n) is 3.92. The maximum absolute atomic E-state index is 13.4. The van der Waals surface area contributed by atoms with Gasteiger partial charge in [0, 0.05) is 16.7 Å². The third-order valence-corrected chi connectivity index (χ3v) is 3.92. The first-order chi connectivity index (χ1) is 13.2. The largest absolute Gasteiger partial charge is 0.330 e. The maximum Gasteiger partial charge on any atom is 0.252 e. The summed E-state index contributed by atoms with van der Waals surface area (Å²) >= 11 is 0. The van der Waals surface area contributed by atoms with Gasteiger partial charge in [0.25, 0.3) is 5.91 Å². The SMILES string of the molecule is Cc1ccc(C(=O)NC(/N=C(\NC#N)Nc2cccc(F)c2)C(C)(C)C)cc1. The lowest BCUT2D eigenvalue weighted by atomic mass is 9.92. The first-order valence-corrected chi connectivity index (χ1v) is 8.82. The Labute approximate surface area is 164 Å². The van der Waals surface area contributed by atoms with E-state index in [1.165, 1.54) is 12.1 Å². The van der Waals surface area contributed by atoms with Crippen molar-refractivity contribution < 1.29 is 9.18 Å². The minimum atomic E-state index is -0.641. The Bertz CT molecular complexity index is 894. The first-order valence-electron chi connectivity index (χ1n) is 8.82. The first kappa shape index (κ1) is 20.9. The maximum atomic E-state index is 13.4. The number of guanidine groups is 1. The summed E-state index contributed by atoms with van der Waals surface area (Å²) in [4.78, 5) is 17.1. The number of anilines is 1. The number of rotatable bonds is 4. The number of amides is 1. The van der Waals surface area contributed by atoms with Crippen LogP contribution in [0, 0.1) is 29.6 Å². The average molecular weight is 381 g/mol. The van der Waals surface area contributed by atoms with E-state index >= 15 is 0 Å². The van der Waals surface area contributed by atoms with Gasteiger partial charge < -0.3 is 10.6 Å². The van der Waals surface area contributed by atoms with Crippen molar-refractivity contribution in [2.75, 3.05) is 5.32 Å². The van der Waals surface area contributed by atoms with E-state index in [0.717, 1.165) is 5.56 Å². The molecule has 1 amide bonds. The van der Waals surface area contributed by atoms with Gasteiger partial charge in [-0.25, -0.2) is 9.38 Å². The number of nitriles is 1. The van der Waals surface area contributed by atoms with E-state index in [9.17, 15) is 9.18 Å². The average Bonchev–Trinajstić information content (AvgIpc) is 2.61. The Hall–Kier alpha value is -3.40. The van der Waals surface area contributed by atoms with Crippen LogP contribution in [0.25, 0.3) is 0 Å². The Morgan fingerprint density at radius 1 is 1.18 bits per heavy atom. The molecule has 0 heterocycles. The van der Waals surface area contributed by atoms with Crippen molar-refractivity contribution in [3.05, 3.63) is 65.5 Å². The van der Waals surface area contributed by atoms with E-state index in [4.69, 9.17) is 5.26 Å². The van der Waals surface area contributed by atoms with Gasteiger partial charge in [-0.05, 0) is 37.3 Å². The van der Waals surface area contributed by atoms with Crippen LogP contribution in [0.3, 0.4) is 0 Å². The molecular weight excluding hydrogens is 357 g/mol. The summed E-state index contributed by atoms with van der Waals surface area (Å²) in [5.41, 5.74) is 1.57. The fourth-order valence-corrected chi connectivity index (χ4v) is 2.34. The van der Waals surface area contributed by atoms with Crippen molar-refractivity contribution in [3.63, 3.8) is 0 Å². The highest BCUT2D eigenvalue weighted by Crippen LogP contribution is 2.21. The van der Waals surface area contributed by atoms with Crippen LogP contribution in [0.4, 0.5) is 10.1 Å². The zero-order valence-electron chi connectivity index (χ0n) is 16.4. The summed E-state index contributed by atoms with van der Waals surface area (Å²) in [5, 5.41) is 17.2. The Morgan fingerprint density at radius 3 is 2.43 bits per heavy atom. The monoisotopic (exact) mass is 381 g/mol. The molecule has 6 nitrogen and oxygen atoms in total. The van der Waals surface area contributed by atoms with Crippen molar-refractivity contribution in [2.45, 2.75) is 33.9 Å². The smallest absolute Gasteiger partial charge is 0.252 e. The van der Waals surface area contributed by atoms with E-state index in [1.54, 1.807) is 30.5 Å². The Balaban J connectivity index is 2.27. The summed E-state index contributed by atoms with van der Waals surface area (Å²) in [7, 11) is 0. The van der Waals surface area contributed by atoms with Crippen LogP contribution >= 0.6 is 0 Å². The molecule has 1 atom stereocenters. The van der Waals surface area contributed by atoms with Crippen LogP contribution in [-0.4, -0.2) is 18.0 Å². The van der Waals surface area contributed by atoms with Gasteiger partial charge in [-0.2, -0.15) is 5.26 Å². The molecule has 0 saturated carbocycles. The van der Waals surface area contributed by atoms with Gasteiger partial charge >= 0.3 is 0 Å². The lowest BCUT2D eigenvalue weighted by Crippen LogP contribution is -2.44. The number of aryl methyl sites for hydroxylation is 1. The number of nitrogens with zero attached hydrogens (tertiary/aromatic N) is 2. The second-order valence-electron chi connectivity index (χ2n) is 7.46. The third kappa shape index (κ3) is 6.09. The van der Waals surface area contributed by atoms with Gasteiger partial charge in [-0.1, -0.05) is 44.5 Å². The zero-order valence-corrected chi connectivity index (χ0v) is 16.4. The summed E-state index contributed by atoms with van der Waals surface area (Å²) in [6.45, 7) is 7.70. The number of carbonyl (C=O) groups is 1. The topological polar surface area (TPSA) is 89.3 Å². The predicted molar refractivity (Wildman–Crippen MR) is 108 cm³/mol. The minimum absolute atomic E-state index is 0.109. The number of halogens is 1. The van der Waals surface area contributed by atoms with E-state index < -0.39 is 17.4 Å². The summed E-state index contributed by atoms with van der Waals surface area (Å²) in [6.07, 6.45) is 1.16. The number of hydrogen-bond acceptors (Lipinski definition) is 3. The standard InChI is InChI=1S/C21H24FN5O/c1-14-8-10-15(11-9-14)18(28)26-19(21(2,3)4)27-20(24-13-23)25-17-7-5-6-16(22)12-17/h5-12,19H,1-4H3,(H,26,28)(H2,24,25,27). The minimum Gasteiger partial charge on any atom is -0.330 e. The fourth-order valence-electron chi connectivity index (χ4n) is 2.34. The van der Waals surface area contributed by atoms with Gasteiger partial charge in [0.15, 0.2) is 6.19 Å². The van der Waals surface area contributed by atoms with Crippen molar-refractivity contribution in [1.82, 2.24) is 10.6 Å². The zero-order chi connectivity index (χ0) is 20.7. The van der Waals surface area contributed by atoms with E-state index in [2.05, 4.69) is 20.9 Å². The van der Waals surface area contributed by atoms with E-state index in [-0.39, 0.29) is 11.9 Å². The molecule has 0 radical (unpaired) electrons. The molecule has 28 heavy (non-hydrogen) atoms. The molecule has 0 aliphatic rings. The van der Waals surface area contributed by atoms with Crippen LogP contribution in [0.5, 0.6) is 0 Å². The van der Waals surface area contributed by atoms with Gasteiger partial charge in [0.05, 0.1) is 0 Å². The van der Waals surface area contributed by atoms with Crippen molar-refractivity contribution >= 4 is 17.6 Å². The van der Waals surface area contributed by atoms with Crippen molar-refractivity contribution in [3.8, 4) is 6.19 Å². The van der Waals surface area contributed by atoms with E-state index in [1.807, 2.05) is 39.8 Å². The molecular formula is C21H24FN5O. The molecule has 3 N–H and O–H groups in total. The van der Waals surface area contributed by atoms with Gasteiger partial charge in [0.2, 0.25) is 5.96 Å². The number of carbonyl (C=O) groups excluding carboxylic acids is 1. The second kappa shape index (κ2) is 9.00. The number of nitrogens with one attached hydrogen (secondary N) is 3. The van der Waals surface area contributed by atoms with Crippen LogP contribution in [0.1, 0.15) is 36.7 Å². The van der Waals surface area contributed by atoms with Crippen molar-refractivity contribution in [1.29, 1.82) is 5.26 Å². The molecule has 0 aromatic heterocycles. The summed E-state index contributed by atoms with van der Waals surface area (Å²) in [5.74, 6) is -0.579. The molecule has 0 aliphatic heterocycles. The Morgan fingerprint density at radius 2 is 1.86 bits per heavy atom. The number of benzene rings is 2. The van der Waals surface area contributed by atoms with Crippen LogP contribution < -0.4 is 16.0 Å². The highest BCUT2D eigenvalue weighted by atomic mass is 19.1. The molecule has 0 saturated heterocycles. The molecule has 0 bridgehead atoms. The van der Waals surface area contributed by atoms with Gasteiger partial charge in [-0.3, -0.25) is 10.1 Å². The lowest BCUT2D eigenvalue weighted by molar-refractivity contribution is 0.0906. The highest BCUT2D eigenvalue weighted by molar-refractivity contribution is 5.96. The van der Waals surface area contributed by atoms with Crippen molar-refractivity contribution in [2.24, 2.45) is 10.4 Å².